The quantitative estimate of drug-likeness (QED) is 0.722. The summed E-state index contributed by atoms with van der Waals surface area (Å²) in [5.74, 6) is -0.931. The fourth-order valence-electron chi connectivity index (χ4n) is 1.29. The maximum absolute atomic E-state index is 10.9. The largest absolute Gasteiger partial charge is 0.480 e. The van der Waals surface area contributed by atoms with Gasteiger partial charge in [-0.05, 0) is 13.8 Å². The normalized spacial score (nSPS) is 31.8. The summed E-state index contributed by atoms with van der Waals surface area (Å²) in [5, 5.41) is 11.2. The van der Waals surface area contributed by atoms with Crippen LogP contribution in [0.15, 0.2) is 0 Å². The van der Waals surface area contributed by atoms with Crippen molar-refractivity contribution in [3.63, 3.8) is 0 Å². The van der Waals surface area contributed by atoms with Crippen molar-refractivity contribution in [2.75, 3.05) is 0 Å². The van der Waals surface area contributed by atoms with Crippen molar-refractivity contribution in [2.24, 2.45) is 0 Å². The molecule has 1 aliphatic rings. The van der Waals surface area contributed by atoms with Gasteiger partial charge in [-0.25, -0.2) is 0 Å². The highest BCUT2D eigenvalue weighted by Gasteiger charge is 2.51. The Balaban J connectivity index is 2.82. The van der Waals surface area contributed by atoms with Gasteiger partial charge in [-0.1, -0.05) is 34.8 Å². The number of hydrogen-bond acceptors (Lipinski definition) is 3. The molecule has 0 spiro atoms. The highest BCUT2D eigenvalue weighted by molar-refractivity contribution is 8.01. The maximum Gasteiger partial charge on any atom is 0.322 e. The summed E-state index contributed by atoms with van der Waals surface area (Å²) in [6, 6.07) is -0.701. The van der Waals surface area contributed by atoms with Gasteiger partial charge in [-0.2, -0.15) is 0 Å². The maximum atomic E-state index is 10.9. The second-order valence-electron chi connectivity index (χ2n) is 3.58. The van der Waals surface area contributed by atoms with E-state index < -0.39 is 25.9 Å². The first-order valence-electron chi connectivity index (χ1n) is 3.88. The van der Waals surface area contributed by atoms with E-state index in [-0.39, 0.29) is 0 Å². The fraction of sp³-hybridized carbons (Fsp3) is 0.857. The lowest BCUT2D eigenvalue weighted by Crippen LogP contribution is -2.46. The number of carboxylic acids is 1. The van der Waals surface area contributed by atoms with Crippen LogP contribution in [0.25, 0.3) is 0 Å². The summed E-state index contributed by atoms with van der Waals surface area (Å²) in [6.45, 7) is 3.61. The Morgan fingerprint density at radius 3 is 2.21 bits per heavy atom. The van der Waals surface area contributed by atoms with Gasteiger partial charge in [0.05, 0.1) is 0 Å². The summed E-state index contributed by atoms with van der Waals surface area (Å²) < 4.78 is -1.98. The Morgan fingerprint density at radius 1 is 1.50 bits per heavy atom. The number of hydrogen-bond donors (Lipinski definition) is 2. The van der Waals surface area contributed by atoms with Gasteiger partial charge in [-0.3, -0.25) is 10.1 Å². The van der Waals surface area contributed by atoms with E-state index in [4.69, 9.17) is 39.9 Å². The molecule has 3 nitrogen and oxygen atoms in total. The molecule has 2 atom stereocenters. The van der Waals surface area contributed by atoms with Crippen LogP contribution in [0.4, 0.5) is 0 Å². The van der Waals surface area contributed by atoms with E-state index in [0.717, 1.165) is 0 Å². The summed E-state index contributed by atoms with van der Waals surface area (Å²) >= 11 is 18.4. The molecule has 0 aromatic heterocycles. The van der Waals surface area contributed by atoms with Gasteiger partial charge < -0.3 is 5.11 Å². The highest BCUT2D eigenvalue weighted by atomic mass is 35.6. The molecule has 2 unspecified atom stereocenters. The zero-order chi connectivity index (χ0) is 11.1. The summed E-state index contributed by atoms with van der Waals surface area (Å²) in [7, 11) is 0. The van der Waals surface area contributed by atoms with E-state index in [0.29, 0.717) is 0 Å². The first-order chi connectivity index (χ1) is 6.14. The SMILES string of the molecule is CC1(C)SC(C(Cl)(Cl)Cl)NC1C(=O)O. The summed E-state index contributed by atoms with van der Waals surface area (Å²) in [4.78, 5) is 10.9. The highest BCUT2D eigenvalue weighted by Crippen LogP contribution is 2.47. The molecule has 0 bridgehead atoms. The van der Waals surface area contributed by atoms with E-state index in [1.807, 2.05) is 0 Å². The average molecular weight is 279 g/mol. The number of halogens is 3. The lowest BCUT2D eigenvalue weighted by molar-refractivity contribution is -0.139. The van der Waals surface area contributed by atoms with Crippen LogP contribution < -0.4 is 5.32 Å². The number of rotatable bonds is 1. The third-order valence-electron chi connectivity index (χ3n) is 1.98. The van der Waals surface area contributed by atoms with Crippen LogP contribution in [-0.2, 0) is 4.79 Å². The molecule has 1 aliphatic heterocycles. The molecule has 0 saturated carbocycles. The van der Waals surface area contributed by atoms with E-state index in [2.05, 4.69) is 5.32 Å². The van der Waals surface area contributed by atoms with Crippen molar-refractivity contribution in [1.29, 1.82) is 0 Å². The van der Waals surface area contributed by atoms with Crippen LogP contribution in [-0.4, -0.2) is 31.0 Å². The van der Waals surface area contributed by atoms with Crippen molar-refractivity contribution in [3.8, 4) is 0 Å². The van der Waals surface area contributed by atoms with Crippen LogP contribution in [0, 0.1) is 0 Å². The molecule has 2 N–H and O–H groups in total. The molecule has 14 heavy (non-hydrogen) atoms. The second kappa shape index (κ2) is 3.91. The number of alkyl halides is 3. The summed E-state index contributed by atoms with van der Waals surface area (Å²) in [5.41, 5.74) is 0. The minimum atomic E-state index is -1.49. The van der Waals surface area contributed by atoms with E-state index in [1.165, 1.54) is 11.8 Å². The number of thioether (sulfide) groups is 1. The molecule has 0 aliphatic carbocycles. The van der Waals surface area contributed by atoms with Crippen molar-refractivity contribution in [2.45, 2.75) is 33.8 Å². The molecule has 7 heteroatoms. The third kappa shape index (κ3) is 2.61. The molecule has 0 amide bonds. The number of aliphatic carboxylic acids is 1. The third-order valence-corrected chi connectivity index (χ3v) is 4.59. The molecular formula is C7H10Cl3NO2S. The smallest absolute Gasteiger partial charge is 0.322 e. The number of nitrogens with one attached hydrogen (secondary N) is 1. The first kappa shape index (κ1) is 12.7. The van der Waals surface area contributed by atoms with Crippen LogP contribution in [0.1, 0.15) is 13.8 Å². The van der Waals surface area contributed by atoms with Gasteiger partial charge in [-0.15, -0.1) is 11.8 Å². The molecule has 1 rings (SSSR count). The van der Waals surface area contributed by atoms with E-state index >= 15 is 0 Å². The number of carbonyl (C=O) groups is 1. The minimum Gasteiger partial charge on any atom is -0.480 e. The second-order valence-corrected chi connectivity index (χ2v) is 7.71. The van der Waals surface area contributed by atoms with Gasteiger partial charge in [0.15, 0.2) is 0 Å². The number of carboxylic acid groups (broad SMARTS) is 1. The molecule has 1 saturated heterocycles. The Bertz CT molecular complexity index is 254. The topological polar surface area (TPSA) is 49.3 Å². The molecular weight excluding hydrogens is 269 g/mol. The molecule has 1 fully saturated rings. The van der Waals surface area contributed by atoms with E-state index in [1.54, 1.807) is 13.8 Å². The lowest BCUT2D eigenvalue weighted by Gasteiger charge is -2.21. The standard InChI is InChI=1S/C7H10Cl3NO2S/c1-6(2)3(4(12)13)11-5(14-6)7(8,9)10/h3,5,11H,1-2H3,(H,12,13). The van der Waals surface area contributed by atoms with Crippen molar-refractivity contribution in [1.82, 2.24) is 5.32 Å². The Labute approximate surface area is 101 Å². The van der Waals surface area contributed by atoms with Crippen LogP contribution >= 0.6 is 46.6 Å². The fourth-order valence-corrected chi connectivity index (χ4v) is 3.13. The van der Waals surface area contributed by atoms with Crippen LogP contribution in [0.2, 0.25) is 0 Å². The molecule has 82 valence electrons. The monoisotopic (exact) mass is 277 g/mol. The molecule has 1 heterocycles. The Morgan fingerprint density at radius 2 is 2.00 bits per heavy atom. The zero-order valence-electron chi connectivity index (χ0n) is 7.55. The van der Waals surface area contributed by atoms with Gasteiger partial charge in [0.2, 0.25) is 3.79 Å². The van der Waals surface area contributed by atoms with E-state index in [9.17, 15) is 4.79 Å². The van der Waals surface area contributed by atoms with Crippen molar-refractivity contribution in [3.05, 3.63) is 0 Å². The Kier molecular flexibility index (Phi) is 3.55. The van der Waals surface area contributed by atoms with Crippen molar-refractivity contribution < 1.29 is 9.90 Å². The minimum absolute atomic E-state index is 0.486. The average Bonchev–Trinajstić information content (AvgIpc) is 2.23. The lowest BCUT2D eigenvalue weighted by atomic mass is 10.0. The van der Waals surface area contributed by atoms with Gasteiger partial charge >= 0.3 is 5.97 Å². The van der Waals surface area contributed by atoms with Gasteiger partial charge in [0, 0.05) is 4.75 Å². The first-order valence-corrected chi connectivity index (χ1v) is 5.89. The molecule has 0 aromatic rings. The van der Waals surface area contributed by atoms with Gasteiger partial charge in [0.1, 0.15) is 11.4 Å². The predicted octanol–water partition coefficient (Wildman–Crippen LogP) is 2.25. The van der Waals surface area contributed by atoms with Gasteiger partial charge in [0.25, 0.3) is 0 Å². The van der Waals surface area contributed by atoms with Crippen LogP contribution in [0.5, 0.6) is 0 Å². The van der Waals surface area contributed by atoms with Crippen molar-refractivity contribution >= 4 is 52.5 Å². The Hall–Kier alpha value is 0.650. The predicted molar refractivity (Wildman–Crippen MR) is 60.3 cm³/mol. The molecule has 0 radical (unpaired) electrons. The molecule has 0 aromatic carbocycles. The zero-order valence-corrected chi connectivity index (χ0v) is 10.6. The summed E-state index contributed by atoms with van der Waals surface area (Å²) in [6.07, 6.45) is 0. The van der Waals surface area contributed by atoms with Crippen LogP contribution in [0.3, 0.4) is 0 Å².